The number of hydrogen-bond acceptors (Lipinski definition) is 2. The van der Waals surface area contributed by atoms with E-state index in [1.165, 1.54) is 21.5 Å². The van der Waals surface area contributed by atoms with Gasteiger partial charge in [0.1, 0.15) is 0 Å². The number of nitrogens with zero attached hydrogens (tertiary/aromatic N) is 3. The Hall–Kier alpha value is -2.98. The summed E-state index contributed by atoms with van der Waals surface area (Å²) in [6.07, 6.45) is 0. The van der Waals surface area contributed by atoms with Gasteiger partial charge in [-0.1, -0.05) is 65.9 Å². The highest BCUT2D eigenvalue weighted by atomic mass is 28.3. The Balaban J connectivity index is 1.71. The minimum atomic E-state index is -1.75. The molecule has 0 spiro atoms. The molecule has 4 heteroatoms. The Labute approximate surface area is 161 Å². The lowest BCUT2D eigenvalue weighted by molar-refractivity contribution is 1.00. The summed E-state index contributed by atoms with van der Waals surface area (Å²) in [6.45, 7) is 6.84. The molecule has 0 aliphatic carbocycles. The second-order valence-electron chi connectivity index (χ2n) is 7.73. The molecular weight excluding hydrogens is 346 g/mol. The maximum absolute atomic E-state index is 4.67. The highest BCUT2D eigenvalue weighted by molar-refractivity contribution is 6.79. The molecule has 0 heterocycles. The first kappa shape index (κ1) is 17.4. The molecule has 4 aromatic rings. The molecule has 0 aliphatic rings. The van der Waals surface area contributed by atoms with Crippen molar-refractivity contribution in [2.45, 2.75) is 19.6 Å². The van der Waals surface area contributed by atoms with E-state index in [4.69, 9.17) is 0 Å². The van der Waals surface area contributed by atoms with Crippen LogP contribution in [0.1, 0.15) is 0 Å². The van der Waals surface area contributed by atoms with Crippen LogP contribution in [0.2, 0.25) is 19.6 Å². The van der Waals surface area contributed by atoms with Crippen molar-refractivity contribution in [3.63, 3.8) is 0 Å². The Morgan fingerprint density at radius 3 is 1.81 bits per heavy atom. The van der Waals surface area contributed by atoms with Crippen LogP contribution in [0.4, 0.5) is 11.4 Å². The summed E-state index contributed by atoms with van der Waals surface area (Å²) >= 11 is 0. The summed E-state index contributed by atoms with van der Waals surface area (Å²) in [4.78, 5) is 0. The molecule has 27 heavy (non-hydrogen) atoms. The molecule has 3 nitrogen and oxygen atoms in total. The Morgan fingerprint density at radius 2 is 1.19 bits per heavy atom. The molecule has 0 bridgehead atoms. The van der Waals surface area contributed by atoms with Crippen molar-refractivity contribution in [1.29, 1.82) is 0 Å². The van der Waals surface area contributed by atoms with Gasteiger partial charge in [-0.05, 0) is 65.5 Å². The maximum Gasteiger partial charge on any atom is 0.179 e. The molecule has 0 fully saturated rings. The number of rotatable bonds is 4. The lowest BCUT2D eigenvalue weighted by Crippen LogP contribution is -2.42. The average Bonchev–Trinajstić information content (AvgIpc) is 2.67. The van der Waals surface area contributed by atoms with Crippen molar-refractivity contribution in [3.8, 4) is 0 Å². The third-order valence-electron chi connectivity index (χ3n) is 4.60. The fourth-order valence-electron chi connectivity index (χ4n) is 3.22. The number of benzene rings is 4. The van der Waals surface area contributed by atoms with Crippen LogP contribution >= 0.6 is 0 Å². The van der Waals surface area contributed by atoms with Crippen molar-refractivity contribution in [3.05, 3.63) is 84.9 Å². The van der Waals surface area contributed by atoms with Gasteiger partial charge in [-0.3, -0.25) is 4.67 Å². The molecule has 0 N–H and O–H groups in total. The fraction of sp³-hybridized carbons (Fsp3) is 0.130. The van der Waals surface area contributed by atoms with Gasteiger partial charge < -0.3 is 0 Å². The molecule has 0 saturated carbocycles. The van der Waals surface area contributed by atoms with Gasteiger partial charge in [-0.15, -0.1) is 5.11 Å². The van der Waals surface area contributed by atoms with Gasteiger partial charge in [-0.2, -0.15) is 0 Å². The zero-order valence-corrected chi connectivity index (χ0v) is 16.9. The van der Waals surface area contributed by atoms with Gasteiger partial charge in [0.15, 0.2) is 8.24 Å². The summed E-state index contributed by atoms with van der Waals surface area (Å²) in [7, 11) is -1.75. The predicted molar refractivity (Wildman–Crippen MR) is 118 cm³/mol. The van der Waals surface area contributed by atoms with E-state index in [0.717, 1.165) is 11.4 Å². The standard InChI is InChI=1S/C23H23N3Si/c1-27(2,3)26(23-15-13-19-9-5-7-11-21(19)17-23)25-24-22-14-12-18-8-4-6-10-20(18)16-22/h4-17H,1-3H3. The lowest BCUT2D eigenvalue weighted by atomic mass is 10.1. The molecule has 134 valence electrons. The maximum atomic E-state index is 4.67. The Morgan fingerprint density at radius 1 is 0.630 bits per heavy atom. The highest BCUT2D eigenvalue weighted by Crippen LogP contribution is 2.28. The summed E-state index contributed by atoms with van der Waals surface area (Å²) in [5.74, 6) is 0. The summed E-state index contributed by atoms with van der Waals surface area (Å²) < 4.78 is 2.12. The van der Waals surface area contributed by atoms with Crippen LogP contribution in [0.3, 0.4) is 0 Å². The predicted octanol–water partition coefficient (Wildman–Crippen LogP) is 7.33. The monoisotopic (exact) mass is 369 g/mol. The van der Waals surface area contributed by atoms with E-state index in [1.807, 2.05) is 12.1 Å². The third-order valence-corrected chi connectivity index (χ3v) is 6.21. The van der Waals surface area contributed by atoms with E-state index in [9.17, 15) is 0 Å². The summed E-state index contributed by atoms with van der Waals surface area (Å²) in [5, 5.41) is 14.1. The molecular formula is C23H23N3Si. The fourth-order valence-corrected chi connectivity index (χ4v) is 4.44. The van der Waals surface area contributed by atoms with E-state index in [0.29, 0.717) is 0 Å². The molecule has 4 aromatic carbocycles. The number of anilines is 1. The van der Waals surface area contributed by atoms with Crippen molar-refractivity contribution in [1.82, 2.24) is 0 Å². The molecule has 0 saturated heterocycles. The average molecular weight is 370 g/mol. The molecule has 0 atom stereocenters. The lowest BCUT2D eigenvalue weighted by Gasteiger charge is -2.30. The molecule has 0 aromatic heterocycles. The first-order valence-electron chi connectivity index (χ1n) is 9.20. The van der Waals surface area contributed by atoms with Crippen LogP contribution in [-0.2, 0) is 0 Å². The van der Waals surface area contributed by atoms with Gasteiger partial charge in [0.05, 0.1) is 11.4 Å². The van der Waals surface area contributed by atoms with E-state index < -0.39 is 8.24 Å². The minimum absolute atomic E-state index is 0.873. The van der Waals surface area contributed by atoms with Crippen molar-refractivity contribution in [2.24, 2.45) is 10.3 Å². The van der Waals surface area contributed by atoms with Crippen molar-refractivity contribution < 1.29 is 0 Å². The summed E-state index contributed by atoms with van der Waals surface area (Å²) in [6, 6.07) is 29.4. The van der Waals surface area contributed by atoms with Gasteiger partial charge in [0, 0.05) is 0 Å². The SMILES string of the molecule is C[Si](C)(C)N(N=Nc1ccc2ccccc2c1)c1ccc2ccccc2c1. The van der Waals surface area contributed by atoms with Crippen molar-refractivity contribution >= 4 is 41.2 Å². The van der Waals surface area contributed by atoms with Crippen LogP contribution in [0.25, 0.3) is 21.5 Å². The minimum Gasteiger partial charge on any atom is -0.277 e. The second-order valence-corrected chi connectivity index (χ2v) is 12.5. The van der Waals surface area contributed by atoms with Crippen LogP contribution in [-0.4, -0.2) is 8.24 Å². The van der Waals surface area contributed by atoms with Gasteiger partial charge in [0.2, 0.25) is 0 Å². The quantitative estimate of drug-likeness (QED) is 0.210. The van der Waals surface area contributed by atoms with E-state index in [2.05, 4.69) is 107 Å². The topological polar surface area (TPSA) is 28.0 Å². The van der Waals surface area contributed by atoms with E-state index in [1.54, 1.807) is 0 Å². The summed E-state index contributed by atoms with van der Waals surface area (Å²) in [5.41, 5.74) is 1.97. The van der Waals surface area contributed by atoms with E-state index >= 15 is 0 Å². The van der Waals surface area contributed by atoms with Gasteiger partial charge in [-0.25, -0.2) is 0 Å². The second kappa shape index (κ2) is 6.97. The zero-order valence-electron chi connectivity index (χ0n) is 15.9. The first-order chi connectivity index (χ1) is 13.0. The zero-order chi connectivity index (χ0) is 18.9. The number of fused-ring (bicyclic) bond motifs is 2. The van der Waals surface area contributed by atoms with Crippen LogP contribution in [0.5, 0.6) is 0 Å². The smallest absolute Gasteiger partial charge is 0.179 e. The molecule has 0 amide bonds. The van der Waals surface area contributed by atoms with Crippen molar-refractivity contribution in [2.75, 3.05) is 4.67 Å². The Bertz CT molecular complexity index is 1130. The normalized spacial score (nSPS) is 12.1. The van der Waals surface area contributed by atoms with Crippen LogP contribution in [0.15, 0.2) is 95.3 Å². The highest BCUT2D eigenvalue weighted by Gasteiger charge is 2.25. The van der Waals surface area contributed by atoms with Gasteiger partial charge >= 0.3 is 0 Å². The molecule has 0 unspecified atom stereocenters. The molecule has 0 radical (unpaired) electrons. The largest absolute Gasteiger partial charge is 0.277 e. The Kier molecular flexibility index (Phi) is 4.50. The molecule has 0 aliphatic heterocycles. The molecule has 4 rings (SSSR count). The van der Waals surface area contributed by atoms with Gasteiger partial charge in [0.25, 0.3) is 0 Å². The third kappa shape index (κ3) is 3.76. The first-order valence-corrected chi connectivity index (χ1v) is 12.6. The van der Waals surface area contributed by atoms with E-state index in [-0.39, 0.29) is 0 Å². The van der Waals surface area contributed by atoms with Crippen LogP contribution < -0.4 is 4.67 Å². The van der Waals surface area contributed by atoms with Crippen LogP contribution in [0, 0.1) is 0 Å². The number of hydrogen-bond donors (Lipinski definition) is 0.